The summed E-state index contributed by atoms with van der Waals surface area (Å²) >= 11 is 0. The Morgan fingerprint density at radius 1 is 1.12 bits per heavy atom. The largest absolute Gasteiger partial charge is 0.506 e. The molecule has 2 aromatic carbocycles. The number of hydrogen-bond donors (Lipinski definition) is 2. The minimum atomic E-state index is -1.69. The number of aromatic nitrogens is 1. The second kappa shape index (κ2) is 5.97. The van der Waals surface area contributed by atoms with Crippen LogP contribution >= 0.6 is 0 Å². The number of phenolic OH excluding ortho intramolecular Hbond substituents is 1. The van der Waals surface area contributed by atoms with Gasteiger partial charge >= 0.3 is 0 Å². The van der Waals surface area contributed by atoms with Gasteiger partial charge in [0.1, 0.15) is 11.3 Å². The van der Waals surface area contributed by atoms with Gasteiger partial charge in [0, 0.05) is 29.6 Å². The van der Waals surface area contributed by atoms with E-state index in [1.807, 2.05) is 24.3 Å². The van der Waals surface area contributed by atoms with Gasteiger partial charge in [0.15, 0.2) is 5.60 Å². The maximum Gasteiger partial charge on any atom is 0.264 e. The molecule has 2 heterocycles. The smallest absolute Gasteiger partial charge is 0.264 e. The SMILES string of the molecule is C=CCN1C(=O)C(O)(Cc2ccc3cccc(O)c3n2)c2ccccc21. The Hall–Kier alpha value is -3.18. The number of rotatable bonds is 4. The van der Waals surface area contributed by atoms with Gasteiger partial charge < -0.3 is 15.1 Å². The third kappa shape index (κ3) is 2.36. The molecular weight excluding hydrogens is 328 g/mol. The summed E-state index contributed by atoms with van der Waals surface area (Å²) in [6.07, 6.45) is 1.66. The first-order chi connectivity index (χ1) is 12.5. The lowest BCUT2D eigenvalue weighted by atomic mass is 9.90. The highest BCUT2D eigenvalue weighted by atomic mass is 16.3. The van der Waals surface area contributed by atoms with Crippen LogP contribution in [0.2, 0.25) is 0 Å². The fourth-order valence-corrected chi connectivity index (χ4v) is 3.52. The predicted molar refractivity (Wildman–Crippen MR) is 100 cm³/mol. The average Bonchev–Trinajstić information content (AvgIpc) is 2.85. The molecule has 1 amide bonds. The van der Waals surface area contributed by atoms with Crippen molar-refractivity contribution in [1.82, 2.24) is 4.98 Å². The Bertz CT molecular complexity index is 1030. The number of aliphatic hydroxyl groups is 1. The van der Waals surface area contributed by atoms with Crippen molar-refractivity contribution < 1.29 is 15.0 Å². The Labute approximate surface area is 150 Å². The molecule has 1 aliphatic rings. The highest BCUT2D eigenvalue weighted by molar-refractivity contribution is 6.07. The van der Waals surface area contributed by atoms with Gasteiger partial charge in [0.05, 0.1) is 5.69 Å². The lowest BCUT2D eigenvalue weighted by Crippen LogP contribution is -2.42. The molecule has 3 aromatic rings. The summed E-state index contributed by atoms with van der Waals surface area (Å²) in [4.78, 5) is 18.9. The van der Waals surface area contributed by atoms with Crippen LogP contribution in [0.3, 0.4) is 0 Å². The van der Waals surface area contributed by atoms with Gasteiger partial charge in [0.25, 0.3) is 5.91 Å². The van der Waals surface area contributed by atoms with Crippen molar-refractivity contribution in [2.24, 2.45) is 0 Å². The van der Waals surface area contributed by atoms with Gasteiger partial charge in [-0.15, -0.1) is 6.58 Å². The summed E-state index contributed by atoms with van der Waals surface area (Å²) in [6.45, 7) is 4.02. The number of carbonyl (C=O) groups excluding carboxylic acids is 1. The Morgan fingerprint density at radius 3 is 2.73 bits per heavy atom. The molecule has 1 unspecified atom stereocenters. The molecule has 0 saturated heterocycles. The number of anilines is 1. The molecule has 0 spiro atoms. The number of amides is 1. The molecule has 0 radical (unpaired) electrons. The minimum absolute atomic E-state index is 0.0285. The summed E-state index contributed by atoms with van der Waals surface area (Å²) < 4.78 is 0. The van der Waals surface area contributed by atoms with E-state index in [9.17, 15) is 15.0 Å². The van der Waals surface area contributed by atoms with Crippen molar-refractivity contribution in [2.75, 3.05) is 11.4 Å². The molecular formula is C21H18N2O3. The molecule has 0 bridgehead atoms. The first-order valence-corrected chi connectivity index (χ1v) is 8.37. The lowest BCUT2D eigenvalue weighted by Gasteiger charge is -2.22. The minimum Gasteiger partial charge on any atom is -0.506 e. The van der Waals surface area contributed by atoms with Crippen LogP contribution in [-0.4, -0.2) is 27.6 Å². The van der Waals surface area contributed by atoms with E-state index >= 15 is 0 Å². The number of hydrogen-bond acceptors (Lipinski definition) is 4. The summed E-state index contributed by atoms with van der Waals surface area (Å²) in [5.74, 6) is -0.319. The summed E-state index contributed by atoms with van der Waals surface area (Å²) in [5.41, 5.74) is 0.542. The summed E-state index contributed by atoms with van der Waals surface area (Å²) in [7, 11) is 0. The number of para-hydroxylation sites is 2. The van der Waals surface area contributed by atoms with E-state index < -0.39 is 11.5 Å². The molecule has 130 valence electrons. The number of pyridine rings is 1. The molecule has 0 fully saturated rings. The lowest BCUT2D eigenvalue weighted by molar-refractivity contribution is -0.135. The van der Waals surface area contributed by atoms with E-state index in [2.05, 4.69) is 11.6 Å². The van der Waals surface area contributed by atoms with Crippen molar-refractivity contribution in [3.8, 4) is 5.75 Å². The van der Waals surface area contributed by atoms with Crippen LogP contribution in [0.25, 0.3) is 10.9 Å². The van der Waals surface area contributed by atoms with Crippen molar-refractivity contribution in [3.05, 3.63) is 78.5 Å². The van der Waals surface area contributed by atoms with Gasteiger partial charge in [-0.1, -0.05) is 42.5 Å². The highest BCUT2D eigenvalue weighted by Gasteiger charge is 2.49. The molecule has 2 N–H and O–H groups in total. The van der Waals surface area contributed by atoms with E-state index in [0.717, 1.165) is 5.39 Å². The van der Waals surface area contributed by atoms with E-state index in [1.165, 1.54) is 4.90 Å². The fraction of sp³-hybridized carbons (Fsp3) is 0.143. The van der Waals surface area contributed by atoms with Crippen molar-refractivity contribution in [3.63, 3.8) is 0 Å². The summed E-state index contributed by atoms with van der Waals surface area (Å²) in [6, 6.07) is 16.0. The van der Waals surface area contributed by atoms with Crippen LogP contribution < -0.4 is 4.90 Å². The van der Waals surface area contributed by atoms with Crippen LogP contribution in [0.4, 0.5) is 5.69 Å². The van der Waals surface area contributed by atoms with Gasteiger partial charge in [-0.3, -0.25) is 4.79 Å². The van der Waals surface area contributed by atoms with Gasteiger partial charge in [0.2, 0.25) is 0 Å². The monoisotopic (exact) mass is 346 g/mol. The van der Waals surface area contributed by atoms with Crippen LogP contribution in [-0.2, 0) is 16.8 Å². The molecule has 26 heavy (non-hydrogen) atoms. The number of benzene rings is 2. The normalized spacial score (nSPS) is 19.0. The quantitative estimate of drug-likeness (QED) is 0.713. The molecule has 5 heteroatoms. The topological polar surface area (TPSA) is 73.7 Å². The zero-order valence-corrected chi connectivity index (χ0v) is 14.1. The molecule has 5 nitrogen and oxygen atoms in total. The molecule has 1 aliphatic heterocycles. The van der Waals surface area contributed by atoms with E-state index in [0.29, 0.717) is 29.0 Å². The molecule has 0 aliphatic carbocycles. The van der Waals surface area contributed by atoms with Crippen molar-refractivity contribution in [1.29, 1.82) is 0 Å². The third-order valence-corrected chi connectivity index (χ3v) is 4.74. The predicted octanol–water partition coefficient (Wildman–Crippen LogP) is 2.90. The number of carbonyl (C=O) groups is 1. The van der Waals surface area contributed by atoms with Crippen molar-refractivity contribution in [2.45, 2.75) is 12.0 Å². The summed E-state index contributed by atoms with van der Waals surface area (Å²) in [5, 5.41) is 22.1. The molecule has 0 saturated carbocycles. The fourth-order valence-electron chi connectivity index (χ4n) is 3.52. The number of aromatic hydroxyl groups is 1. The van der Waals surface area contributed by atoms with Gasteiger partial charge in [-0.2, -0.15) is 0 Å². The second-order valence-corrected chi connectivity index (χ2v) is 6.41. The second-order valence-electron chi connectivity index (χ2n) is 6.41. The van der Waals surface area contributed by atoms with E-state index in [1.54, 1.807) is 36.4 Å². The van der Waals surface area contributed by atoms with Crippen LogP contribution in [0, 0.1) is 0 Å². The van der Waals surface area contributed by atoms with Crippen molar-refractivity contribution >= 4 is 22.5 Å². The van der Waals surface area contributed by atoms with Crippen LogP contribution in [0.5, 0.6) is 5.75 Å². The van der Waals surface area contributed by atoms with Crippen LogP contribution in [0.1, 0.15) is 11.3 Å². The first kappa shape index (κ1) is 16.3. The zero-order chi connectivity index (χ0) is 18.3. The van der Waals surface area contributed by atoms with E-state index in [-0.39, 0.29) is 12.2 Å². The molecule has 4 rings (SSSR count). The van der Waals surface area contributed by atoms with Gasteiger partial charge in [-0.25, -0.2) is 4.98 Å². The number of fused-ring (bicyclic) bond motifs is 2. The Morgan fingerprint density at radius 2 is 1.92 bits per heavy atom. The van der Waals surface area contributed by atoms with Gasteiger partial charge in [-0.05, 0) is 18.2 Å². The average molecular weight is 346 g/mol. The maximum atomic E-state index is 13.0. The molecule has 1 atom stereocenters. The third-order valence-electron chi connectivity index (χ3n) is 4.74. The number of phenols is 1. The Balaban J connectivity index is 1.79. The first-order valence-electron chi connectivity index (χ1n) is 8.37. The van der Waals surface area contributed by atoms with E-state index in [4.69, 9.17) is 0 Å². The number of nitrogens with zero attached hydrogens (tertiary/aromatic N) is 2. The standard InChI is InChI=1S/C21H18N2O3/c1-2-12-23-17-8-4-3-7-16(17)21(26,20(23)25)13-15-11-10-14-6-5-9-18(24)19(14)22-15/h2-11,24,26H,1,12-13H2. The molecule has 1 aromatic heterocycles. The highest BCUT2D eigenvalue weighted by Crippen LogP contribution is 2.42. The maximum absolute atomic E-state index is 13.0. The van der Waals surface area contributed by atoms with Crippen LogP contribution in [0.15, 0.2) is 67.3 Å². The Kier molecular flexibility index (Phi) is 3.74. The zero-order valence-electron chi connectivity index (χ0n) is 14.1.